The summed E-state index contributed by atoms with van der Waals surface area (Å²) in [6.45, 7) is 3.76. The summed E-state index contributed by atoms with van der Waals surface area (Å²) < 4.78 is 15.2. The van der Waals surface area contributed by atoms with E-state index in [0.29, 0.717) is 28.5 Å². The molecule has 0 saturated carbocycles. The zero-order valence-corrected chi connectivity index (χ0v) is 13.1. The van der Waals surface area contributed by atoms with Gasteiger partial charge in [-0.2, -0.15) is 0 Å². The molecule has 0 aliphatic heterocycles. The van der Waals surface area contributed by atoms with E-state index < -0.39 is 0 Å². The number of hydrogen-bond acceptors (Lipinski definition) is 4. The van der Waals surface area contributed by atoms with Crippen LogP contribution in [-0.4, -0.2) is 27.3 Å². The summed E-state index contributed by atoms with van der Waals surface area (Å²) in [5.41, 5.74) is 2.22. The highest BCUT2D eigenvalue weighted by Crippen LogP contribution is 2.38. The monoisotopic (exact) mass is 298 g/mol. The second-order valence-corrected chi connectivity index (χ2v) is 4.55. The van der Waals surface area contributed by atoms with Crippen molar-refractivity contribution in [3.05, 3.63) is 28.3 Å². The molecule has 0 atom stereocenters. The Bertz CT molecular complexity index is 535. The number of methoxy groups -OCH3 is 3. The van der Waals surface area contributed by atoms with Crippen LogP contribution in [0.25, 0.3) is 5.57 Å². The Morgan fingerprint density at radius 3 is 2.30 bits per heavy atom. The number of ether oxygens (including phenoxy) is 3. The molecule has 1 rings (SSSR count). The maximum Gasteiger partial charge on any atom is 0.333 e. The Kier molecular flexibility index (Phi) is 5.89. The molecule has 110 valence electrons. The summed E-state index contributed by atoms with van der Waals surface area (Å²) in [7, 11) is 4.43. The van der Waals surface area contributed by atoms with E-state index in [0.717, 1.165) is 11.1 Å². The number of hydrogen-bond donors (Lipinski definition) is 0. The molecule has 0 aliphatic carbocycles. The predicted molar refractivity (Wildman–Crippen MR) is 79.5 cm³/mol. The topological polar surface area (TPSA) is 44.8 Å². The molecule has 4 nitrogen and oxygen atoms in total. The summed E-state index contributed by atoms with van der Waals surface area (Å²) >= 11 is 6.18. The number of carbonyl (C=O) groups excluding carboxylic acids is 1. The van der Waals surface area contributed by atoms with Gasteiger partial charge in [0.25, 0.3) is 0 Å². The van der Waals surface area contributed by atoms with Gasteiger partial charge >= 0.3 is 5.97 Å². The summed E-state index contributed by atoms with van der Waals surface area (Å²) in [5.74, 6) is 0.660. The molecule has 1 aromatic rings. The molecule has 0 unspecified atom stereocenters. The maximum atomic E-state index is 11.8. The first-order valence-corrected chi connectivity index (χ1v) is 6.57. The van der Waals surface area contributed by atoms with Crippen molar-refractivity contribution in [2.24, 2.45) is 0 Å². The first-order valence-electron chi connectivity index (χ1n) is 6.20. The molecule has 0 aromatic heterocycles. The molecule has 0 spiro atoms. The molecule has 0 amide bonds. The second-order valence-electron chi connectivity index (χ2n) is 4.14. The minimum atomic E-state index is -0.337. The number of rotatable bonds is 5. The minimum absolute atomic E-state index is 0.337. The maximum absolute atomic E-state index is 11.8. The normalized spacial score (nSPS) is 11.7. The van der Waals surface area contributed by atoms with Crippen LogP contribution in [0, 0.1) is 0 Å². The minimum Gasteiger partial charge on any atom is -0.493 e. The van der Waals surface area contributed by atoms with Crippen molar-refractivity contribution in [3.63, 3.8) is 0 Å². The number of benzene rings is 1. The lowest BCUT2D eigenvalue weighted by atomic mass is 9.99. The van der Waals surface area contributed by atoms with Crippen molar-refractivity contribution in [2.45, 2.75) is 20.3 Å². The molecule has 5 heteroatoms. The highest BCUT2D eigenvalue weighted by Gasteiger charge is 2.16. The van der Waals surface area contributed by atoms with E-state index in [1.165, 1.54) is 21.3 Å². The van der Waals surface area contributed by atoms with Crippen molar-refractivity contribution in [2.75, 3.05) is 21.3 Å². The van der Waals surface area contributed by atoms with Gasteiger partial charge in [0, 0.05) is 5.57 Å². The summed E-state index contributed by atoms with van der Waals surface area (Å²) in [5, 5.41) is 0.432. The number of halogens is 1. The first kappa shape index (κ1) is 16.4. The Balaban J connectivity index is 3.43. The van der Waals surface area contributed by atoms with Crippen molar-refractivity contribution in [1.29, 1.82) is 0 Å². The lowest BCUT2D eigenvalue weighted by Crippen LogP contribution is -2.06. The van der Waals surface area contributed by atoms with Gasteiger partial charge in [0.1, 0.15) is 0 Å². The van der Waals surface area contributed by atoms with Crippen molar-refractivity contribution in [3.8, 4) is 11.5 Å². The molecule has 0 aliphatic rings. The summed E-state index contributed by atoms with van der Waals surface area (Å²) in [6.07, 6.45) is 0.574. The largest absolute Gasteiger partial charge is 0.493 e. The van der Waals surface area contributed by atoms with E-state index in [4.69, 9.17) is 25.8 Å². The molecular weight excluding hydrogens is 280 g/mol. The van der Waals surface area contributed by atoms with Crippen LogP contribution >= 0.6 is 11.6 Å². The van der Waals surface area contributed by atoms with Gasteiger partial charge in [0.15, 0.2) is 11.5 Å². The lowest BCUT2D eigenvalue weighted by molar-refractivity contribution is -0.136. The highest BCUT2D eigenvalue weighted by atomic mass is 35.5. The van der Waals surface area contributed by atoms with E-state index in [9.17, 15) is 4.79 Å². The molecule has 0 bridgehead atoms. The van der Waals surface area contributed by atoms with E-state index in [-0.39, 0.29) is 5.97 Å². The standard InChI is InChI=1S/C15H19ClO4/c1-6-11(15(17)20-5)9(2)10-7-12(16)14(19-4)13(8-10)18-3/h7-8H,6H2,1-5H3/b11-9+. The third-order valence-corrected chi connectivity index (χ3v) is 3.39. The first-order chi connectivity index (χ1) is 9.49. The molecule has 1 aromatic carbocycles. The van der Waals surface area contributed by atoms with Gasteiger partial charge in [-0.1, -0.05) is 18.5 Å². The van der Waals surface area contributed by atoms with Crippen LogP contribution in [0.4, 0.5) is 0 Å². The van der Waals surface area contributed by atoms with Gasteiger partial charge in [-0.3, -0.25) is 0 Å². The number of allylic oxidation sites excluding steroid dienone is 1. The Labute approximate surface area is 124 Å². The fourth-order valence-electron chi connectivity index (χ4n) is 1.99. The van der Waals surface area contributed by atoms with Gasteiger partial charge in [0.2, 0.25) is 0 Å². The average Bonchev–Trinajstić information content (AvgIpc) is 2.46. The van der Waals surface area contributed by atoms with Crippen LogP contribution < -0.4 is 9.47 Å². The molecule has 0 fully saturated rings. The van der Waals surface area contributed by atoms with Gasteiger partial charge in [-0.25, -0.2) is 4.79 Å². The van der Waals surface area contributed by atoms with Crippen LogP contribution in [0.1, 0.15) is 25.8 Å². The van der Waals surface area contributed by atoms with Crippen LogP contribution in [0.3, 0.4) is 0 Å². The molecule has 20 heavy (non-hydrogen) atoms. The van der Waals surface area contributed by atoms with E-state index in [2.05, 4.69) is 0 Å². The third kappa shape index (κ3) is 3.25. The van der Waals surface area contributed by atoms with Crippen LogP contribution in [0.15, 0.2) is 17.7 Å². The Hall–Kier alpha value is -1.68. The van der Waals surface area contributed by atoms with Crippen molar-refractivity contribution < 1.29 is 19.0 Å². The lowest BCUT2D eigenvalue weighted by Gasteiger charge is -2.14. The fourth-order valence-corrected chi connectivity index (χ4v) is 2.28. The van der Waals surface area contributed by atoms with E-state index in [1.807, 2.05) is 13.8 Å². The molecule has 0 saturated heterocycles. The van der Waals surface area contributed by atoms with Crippen LogP contribution in [-0.2, 0) is 9.53 Å². The predicted octanol–water partition coefficient (Wildman–Crippen LogP) is 3.71. The van der Waals surface area contributed by atoms with Crippen molar-refractivity contribution in [1.82, 2.24) is 0 Å². The molecule has 0 heterocycles. The van der Waals surface area contributed by atoms with Gasteiger partial charge in [-0.15, -0.1) is 0 Å². The number of esters is 1. The van der Waals surface area contributed by atoms with E-state index in [1.54, 1.807) is 12.1 Å². The SMILES string of the molecule is CC/C(C(=O)OC)=C(/C)c1cc(Cl)c(OC)c(OC)c1. The smallest absolute Gasteiger partial charge is 0.333 e. The van der Waals surface area contributed by atoms with E-state index >= 15 is 0 Å². The fraction of sp³-hybridized carbons (Fsp3) is 0.400. The molecule has 0 N–H and O–H groups in total. The Morgan fingerprint density at radius 2 is 1.85 bits per heavy atom. The highest BCUT2D eigenvalue weighted by molar-refractivity contribution is 6.32. The second kappa shape index (κ2) is 7.20. The average molecular weight is 299 g/mol. The summed E-state index contributed by atoms with van der Waals surface area (Å²) in [4.78, 5) is 11.8. The Morgan fingerprint density at radius 1 is 1.20 bits per heavy atom. The zero-order valence-electron chi connectivity index (χ0n) is 12.4. The van der Waals surface area contributed by atoms with Crippen LogP contribution in [0.5, 0.6) is 11.5 Å². The summed E-state index contributed by atoms with van der Waals surface area (Å²) in [6, 6.07) is 3.54. The van der Waals surface area contributed by atoms with Crippen molar-refractivity contribution >= 4 is 23.1 Å². The zero-order chi connectivity index (χ0) is 15.3. The van der Waals surface area contributed by atoms with Gasteiger partial charge < -0.3 is 14.2 Å². The van der Waals surface area contributed by atoms with Gasteiger partial charge in [-0.05, 0) is 36.6 Å². The number of carbonyl (C=O) groups is 1. The molecular formula is C15H19ClO4. The third-order valence-electron chi connectivity index (χ3n) is 3.10. The quantitative estimate of drug-likeness (QED) is 0.614. The molecule has 0 radical (unpaired) electrons. The van der Waals surface area contributed by atoms with Crippen LogP contribution in [0.2, 0.25) is 5.02 Å². The van der Waals surface area contributed by atoms with Gasteiger partial charge in [0.05, 0.1) is 26.4 Å².